The van der Waals surface area contributed by atoms with Crippen LogP contribution in [0.1, 0.15) is 16.8 Å². The van der Waals surface area contributed by atoms with Crippen molar-refractivity contribution in [2.24, 2.45) is 0 Å². The number of carboxylic acids is 2. The van der Waals surface area contributed by atoms with E-state index >= 15 is 0 Å². The number of aldehydes is 1. The van der Waals surface area contributed by atoms with E-state index in [4.69, 9.17) is 24.5 Å². The minimum Gasteiger partial charge on any atom is -0.493 e. The Morgan fingerprint density at radius 1 is 1.12 bits per heavy atom. The van der Waals surface area contributed by atoms with E-state index in [-0.39, 0.29) is 0 Å². The van der Waals surface area contributed by atoms with E-state index in [2.05, 4.69) is 16.8 Å². The number of hydrogen-bond acceptors (Lipinski definition) is 6. The molecule has 0 radical (unpaired) electrons. The van der Waals surface area contributed by atoms with E-state index in [1.807, 2.05) is 18.2 Å². The highest BCUT2D eigenvalue weighted by Gasteiger charge is 2.12. The number of carboxylic acid groups (broad SMARTS) is 2. The molecular formula is C17H24N2O6. The fourth-order valence-corrected chi connectivity index (χ4v) is 2.25. The first-order valence-corrected chi connectivity index (χ1v) is 7.98. The Balaban J connectivity index is 0.000000450. The van der Waals surface area contributed by atoms with Gasteiger partial charge in [0.2, 0.25) is 0 Å². The summed E-state index contributed by atoms with van der Waals surface area (Å²) in [5.74, 6) is -2.96. The van der Waals surface area contributed by atoms with Crippen molar-refractivity contribution in [3.8, 4) is 5.75 Å². The van der Waals surface area contributed by atoms with Gasteiger partial charge in [-0.1, -0.05) is 12.1 Å². The van der Waals surface area contributed by atoms with Gasteiger partial charge in [-0.2, -0.15) is 0 Å². The van der Waals surface area contributed by atoms with E-state index in [0.29, 0.717) is 17.9 Å². The quantitative estimate of drug-likeness (QED) is 0.437. The number of hydrogen-bond donors (Lipinski definition) is 2. The second kappa shape index (κ2) is 11.2. The molecule has 2 rings (SSSR count). The predicted octanol–water partition coefficient (Wildman–Crippen LogP) is 0.671. The number of rotatable bonds is 6. The van der Waals surface area contributed by atoms with Gasteiger partial charge in [0.05, 0.1) is 12.2 Å². The second-order valence-corrected chi connectivity index (χ2v) is 5.61. The molecule has 1 heterocycles. The van der Waals surface area contributed by atoms with Crippen LogP contribution in [0.15, 0.2) is 24.3 Å². The van der Waals surface area contributed by atoms with Crippen LogP contribution in [-0.2, 0) is 9.59 Å². The summed E-state index contributed by atoms with van der Waals surface area (Å²) < 4.78 is 5.67. The summed E-state index contributed by atoms with van der Waals surface area (Å²) >= 11 is 0. The number of nitrogens with zero attached hydrogens (tertiary/aromatic N) is 2. The second-order valence-electron chi connectivity index (χ2n) is 5.61. The van der Waals surface area contributed by atoms with E-state index in [0.717, 1.165) is 45.4 Å². The molecule has 2 N–H and O–H groups in total. The molecule has 8 heteroatoms. The summed E-state index contributed by atoms with van der Waals surface area (Å²) in [7, 11) is 2.16. The number of benzene rings is 1. The predicted molar refractivity (Wildman–Crippen MR) is 91.2 cm³/mol. The van der Waals surface area contributed by atoms with Gasteiger partial charge in [0.15, 0.2) is 6.29 Å². The van der Waals surface area contributed by atoms with Crippen LogP contribution in [0.4, 0.5) is 0 Å². The lowest BCUT2D eigenvalue weighted by molar-refractivity contribution is -0.159. The Labute approximate surface area is 146 Å². The van der Waals surface area contributed by atoms with Gasteiger partial charge in [-0.15, -0.1) is 0 Å². The molecule has 0 bridgehead atoms. The van der Waals surface area contributed by atoms with Gasteiger partial charge in [-0.25, -0.2) is 9.59 Å². The van der Waals surface area contributed by atoms with Crippen molar-refractivity contribution >= 4 is 18.2 Å². The largest absolute Gasteiger partial charge is 0.493 e. The molecule has 0 saturated carbocycles. The Bertz CT molecular complexity index is 558. The first-order chi connectivity index (χ1) is 11.9. The van der Waals surface area contributed by atoms with Crippen LogP contribution in [0.2, 0.25) is 0 Å². The summed E-state index contributed by atoms with van der Waals surface area (Å²) in [5, 5.41) is 14.8. The number of aliphatic carboxylic acids is 2. The smallest absolute Gasteiger partial charge is 0.414 e. The number of carbonyl (C=O) groups excluding carboxylic acids is 1. The highest BCUT2D eigenvalue weighted by atomic mass is 16.5. The van der Waals surface area contributed by atoms with E-state index in [1.54, 1.807) is 6.07 Å². The lowest BCUT2D eigenvalue weighted by Gasteiger charge is -2.32. The average molecular weight is 352 g/mol. The maximum Gasteiger partial charge on any atom is 0.414 e. The average Bonchev–Trinajstić information content (AvgIpc) is 2.61. The molecule has 1 aromatic rings. The zero-order valence-corrected chi connectivity index (χ0v) is 14.3. The molecule has 0 atom stereocenters. The molecule has 0 spiro atoms. The molecule has 138 valence electrons. The van der Waals surface area contributed by atoms with Crippen LogP contribution in [0.5, 0.6) is 5.75 Å². The van der Waals surface area contributed by atoms with Gasteiger partial charge >= 0.3 is 11.9 Å². The minimum atomic E-state index is -1.82. The zero-order chi connectivity index (χ0) is 18.7. The van der Waals surface area contributed by atoms with Crippen molar-refractivity contribution in [2.45, 2.75) is 6.42 Å². The first-order valence-electron chi connectivity index (χ1n) is 7.98. The maximum absolute atomic E-state index is 10.8. The lowest BCUT2D eigenvalue weighted by atomic mass is 10.2. The molecular weight excluding hydrogens is 328 g/mol. The molecule has 1 aromatic carbocycles. The summed E-state index contributed by atoms with van der Waals surface area (Å²) in [6.45, 7) is 6.31. The van der Waals surface area contributed by atoms with Crippen LogP contribution in [0, 0.1) is 0 Å². The first kappa shape index (κ1) is 20.6. The maximum atomic E-state index is 10.8. The van der Waals surface area contributed by atoms with Crippen molar-refractivity contribution < 1.29 is 29.3 Å². The van der Waals surface area contributed by atoms with Gasteiger partial charge in [0, 0.05) is 32.7 Å². The zero-order valence-electron chi connectivity index (χ0n) is 14.3. The van der Waals surface area contributed by atoms with Crippen molar-refractivity contribution in [2.75, 3.05) is 46.4 Å². The molecule has 1 saturated heterocycles. The van der Waals surface area contributed by atoms with Crippen LogP contribution < -0.4 is 4.74 Å². The number of ether oxygens (including phenoxy) is 1. The van der Waals surface area contributed by atoms with Crippen LogP contribution >= 0.6 is 0 Å². The van der Waals surface area contributed by atoms with Crippen molar-refractivity contribution in [1.29, 1.82) is 0 Å². The summed E-state index contributed by atoms with van der Waals surface area (Å²) in [6.07, 6.45) is 1.84. The monoisotopic (exact) mass is 352 g/mol. The number of para-hydroxylation sites is 1. The topological polar surface area (TPSA) is 107 Å². The Kier molecular flexibility index (Phi) is 9.20. The van der Waals surface area contributed by atoms with Gasteiger partial charge in [-0.3, -0.25) is 4.79 Å². The summed E-state index contributed by atoms with van der Waals surface area (Å²) in [4.78, 5) is 33.9. The molecule has 0 aromatic heterocycles. The van der Waals surface area contributed by atoms with Gasteiger partial charge in [0.1, 0.15) is 5.75 Å². The molecule has 8 nitrogen and oxygen atoms in total. The molecule has 0 aliphatic carbocycles. The fourth-order valence-electron chi connectivity index (χ4n) is 2.25. The van der Waals surface area contributed by atoms with E-state index < -0.39 is 11.9 Å². The fraction of sp³-hybridized carbons (Fsp3) is 0.471. The van der Waals surface area contributed by atoms with Gasteiger partial charge < -0.3 is 24.7 Å². The van der Waals surface area contributed by atoms with E-state index in [1.165, 1.54) is 0 Å². The van der Waals surface area contributed by atoms with Crippen molar-refractivity contribution in [3.63, 3.8) is 0 Å². The third-order valence-electron chi connectivity index (χ3n) is 3.70. The third kappa shape index (κ3) is 8.27. The van der Waals surface area contributed by atoms with Crippen LogP contribution in [-0.4, -0.2) is 84.6 Å². The Morgan fingerprint density at radius 3 is 2.28 bits per heavy atom. The molecule has 1 aliphatic heterocycles. The van der Waals surface area contributed by atoms with Crippen LogP contribution in [0.3, 0.4) is 0 Å². The molecule has 1 aliphatic rings. The SMILES string of the molecule is CN1CCN(CCCOc2ccccc2C=O)CC1.O=C(O)C(=O)O. The third-order valence-corrected chi connectivity index (χ3v) is 3.70. The highest BCUT2D eigenvalue weighted by molar-refractivity contribution is 6.27. The van der Waals surface area contributed by atoms with Gasteiger partial charge in [0.25, 0.3) is 0 Å². The molecule has 0 unspecified atom stereocenters. The standard InChI is InChI=1S/C15H22N2O2.C2H2O4/c1-16-8-10-17(11-9-16)7-4-12-19-15-6-3-2-5-14(15)13-18;3-1(4)2(5)6/h2-3,5-6,13H,4,7-12H2,1H3;(H,3,4)(H,5,6). The van der Waals surface area contributed by atoms with Gasteiger partial charge in [-0.05, 0) is 25.6 Å². The minimum absolute atomic E-state index is 0.627. The summed E-state index contributed by atoms with van der Waals surface area (Å²) in [5.41, 5.74) is 0.627. The Morgan fingerprint density at radius 2 is 1.72 bits per heavy atom. The molecule has 1 fully saturated rings. The lowest BCUT2D eigenvalue weighted by Crippen LogP contribution is -2.44. The number of likely N-dealkylation sites (N-methyl/N-ethyl adjacent to an activating group) is 1. The van der Waals surface area contributed by atoms with Crippen molar-refractivity contribution in [3.05, 3.63) is 29.8 Å². The highest BCUT2D eigenvalue weighted by Crippen LogP contribution is 2.15. The Hall–Kier alpha value is -2.45. The summed E-state index contributed by atoms with van der Waals surface area (Å²) in [6, 6.07) is 7.37. The van der Waals surface area contributed by atoms with Crippen LogP contribution in [0.25, 0.3) is 0 Å². The normalized spacial score (nSPS) is 14.9. The number of carbonyl (C=O) groups is 3. The van der Waals surface area contributed by atoms with Crippen molar-refractivity contribution in [1.82, 2.24) is 9.80 Å². The molecule has 0 amide bonds. The van der Waals surface area contributed by atoms with E-state index in [9.17, 15) is 4.79 Å². The number of piperazine rings is 1. The molecule has 25 heavy (non-hydrogen) atoms.